The Labute approximate surface area is 126 Å². The maximum atomic E-state index is 11.9. The summed E-state index contributed by atoms with van der Waals surface area (Å²) in [6.07, 6.45) is 1.72. The van der Waals surface area contributed by atoms with Crippen molar-refractivity contribution in [3.8, 4) is 0 Å². The van der Waals surface area contributed by atoms with Gasteiger partial charge in [-0.05, 0) is 26.0 Å². The number of esters is 1. The maximum absolute atomic E-state index is 11.9. The number of hydrogen-bond donors (Lipinski definition) is 1. The van der Waals surface area contributed by atoms with Crippen molar-refractivity contribution >= 4 is 34.6 Å². The van der Waals surface area contributed by atoms with E-state index in [1.54, 1.807) is 13.1 Å². The van der Waals surface area contributed by atoms with Crippen molar-refractivity contribution in [1.82, 2.24) is 4.98 Å². The third kappa shape index (κ3) is 3.71. The molecule has 0 spiro atoms. The lowest BCUT2D eigenvalue weighted by atomic mass is 10.1. The quantitative estimate of drug-likeness (QED) is 0.851. The van der Waals surface area contributed by atoms with Gasteiger partial charge in [0, 0.05) is 16.8 Å². The third-order valence-electron chi connectivity index (χ3n) is 2.65. The molecule has 0 aliphatic carbocycles. The molecule has 1 heterocycles. The molecule has 6 heteroatoms. The predicted octanol–water partition coefficient (Wildman–Crippen LogP) is 3.89. The SMILES string of the molecule is CCOC(=O)c1cc(C)ccc1NCc1cnc(Cl)s1. The summed E-state index contributed by atoms with van der Waals surface area (Å²) >= 11 is 7.20. The van der Waals surface area contributed by atoms with Crippen LogP contribution >= 0.6 is 22.9 Å². The molecule has 4 nitrogen and oxygen atoms in total. The number of aromatic nitrogens is 1. The van der Waals surface area contributed by atoms with Crippen molar-refractivity contribution in [2.24, 2.45) is 0 Å². The van der Waals surface area contributed by atoms with Crippen LogP contribution in [0.4, 0.5) is 5.69 Å². The molecule has 0 aliphatic heterocycles. The standard InChI is InChI=1S/C14H15ClN2O2S/c1-3-19-13(18)11-6-9(2)4-5-12(11)16-7-10-8-17-14(15)20-10/h4-6,8,16H,3,7H2,1-2H3. The molecule has 2 rings (SSSR count). The lowest BCUT2D eigenvalue weighted by molar-refractivity contribution is 0.0527. The Hall–Kier alpha value is -1.59. The number of thiazole rings is 1. The van der Waals surface area contributed by atoms with Crippen molar-refractivity contribution in [2.45, 2.75) is 20.4 Å². The van der Waals surface area contributed by atoms with E-state index in [2.05, 4.69) is 10.3 Å². The summed E-state index contributed by atoms with van der Waals surface area (Å²) < 4.78 is 5.58. The van der Waals surface area contributed by atoms with Crippen LogP contribution in [0.2, 0.25) is 4.47 Å². The van der Waals surface area contributed by atoms with Gasteiger partial charge in [-0.3, -0.25) is 0 Å². The minimum absolute atomic E-state index is 0.318. The van der Waals surface area contributed by atoms with E-state index in [1.165, 1.54) is 11.3 Å². The highest BCUT2D eigenvalue weighted by Gasteiger charge is 2.13. The summed E-state index contributed by atoms with van der Waals surface area (Å²) in [6.45, 7) is 4.66. The number of aryl methyl sites for hydroxylation is 1. The van der Waals surface area contributed by atoms with E-state index in [-0.39, 0.29) is 5.97 Å². The second-order valence-corrected chi connectivity index (χ2v) is 5.90. The number of halogens is 1. The smallest absolute Gasteiger partial charge is 0.340 e. The fourth-order valence-corrected chi connectivity index (χ4v) is 2.66. The van der Waals surface area contributed by atoms with Crippen molar-refractivity contribution < 1.29 is 9.53 Å². The van der Waals surface area contributed by atoms with E-state index in [9.17, 15) is 4.79 Å². The summed E-state index contributed by atoms with van der Waals surface area (Å²) in [5.41, 5.74) is 2.31. The van der Waals surface area contributed by atoms with Crippen molar-refractivity contribution in [3.05, 3.63) is 44.9 Å². The van der Waals surface area contributed by atoms with Gasteiger partial charge in [-0.15, -0.1) is 11.3 Å². The molecule has 0 saturated carbocycles. The molecule has 0 radical (unpaired) electrons. The third-order valence-corrected chi connectivity index (χ3v) is 3.76. The second-order valence-electron chi connectivity index (χ2n) is 4.20. The monoisotopic (exact) mass is 310 g/mol. The van der Waals surface area contributed by atoms with Gasteiger partial charge in [0.15, 0.2) is 4.47 Å². The number of rotatable bonds is 5. The van der Waals surface area contributed by atoms with Gasteiger partial charge in [0.25, 0.3) is 0 Å². The fraction of sp³-hybridized carbons (Fsp3) is 0.286. The van der Waals surface area contributed by atoms with Gasteiger partial charge in [0.1, 0.15) is 0 Å². The van der Waals surface area contributed by atoms with Crippen molar-refractivity contribution in [2.75, 3.05) is 11.9 Å². The van der Waals surface area contributed by atoms with Gasteiger partial charge in [0.2, 0.25) is 0 Å². The molecule has 2 aromatic rings. The first-order valence-corrected chi connectivity index (χ1v) is 7.41. The van der Waals surface area contributed by atoms with E-state index in [0.29, 0.717) is 23.2 Å². The fourth-order valence-electron chi connectivity index (χ4n) is 1.74. The Morgan fingerprint density at radius 1 is 1.50 bits per heavy atom. The number of nitrogens with zero attached hydrogens (tertiary/aromatic N) is 1. The van der Waals surface area contributed by atoms with E-state index in [1.807, 2.05) is 25.1 Å². The van der Waals surface area contributed by atoms with Gasteiger partial charge >= 0.3 is 5.97 Å². The van der Waals surface area contributed by atoms with Crippen LogP contribution in [0.15, 0.2) is 24.4 Å². The Kier molecular flexibility index (Phi) is 4.98. The molecule has 0 bridgehead atoms. The molecular formula is C14H15ClN2O2S. The molecule has 1 N–H and O–H groups in total. The summed E-state index contributed by atoms with van der Waals surface area (Å²) in [5, 5.41) is 3.22. The molecule has 0 aliphatic rings. The number of ether oxygens (including phenoxy) is 1. The van der Waals surface area contributed by atoms with Crippen LogP contribution in [0.1, 0.15) is 27.7 Å². The molecule has 0 unspecified atom stereocenters. The summed E-state index contributed by atoms with van der Waals surface area (Å²) in [7, 11) is 0. The lowest BCUT2D eigenvalue weighted by Crippen LogP contribution is -2.10. The number of carbonyl (C=O) groups excluding carboxylic acids is 1. The number of hydrogen-bond acceptors (Lipinski definition) is 5. The first-order valence-electron chi connectivity index (χ1n) is 6.22. The van der Waals surface area contributed by atoms with E-state index in [0.717, 1.165) is 16.1 Å². The largest absolute Gasteiger partial charge is 0.462 e. The van der Waals surface area contributed by atoms with Crippen LogP contribution in [-0.4, -0.2) is 17.6 Å². The van der Waals surface area contributed by atoms with E-state index < -0.39 is 0 Å². The topological polar surface area (TPSA) is 51.2 Å². The average Bonchev–Trinajstić information content (AvgIpc) is 2.83. The number of benzene rings is 1. The van der Waals surface area contributed by atoms with Crippen LogP contribution in [0.25, 0.3) is 0 Å². The zero-order valence-electron chi connectivity index (χ0n) is 11.3. The highest BCUT2D eigenvalue weighted by molar-refractivity contribution is 7.15. The first-order chi connectivity index (χ1) is 9.60. The molecular weight excluding hydrogens is 296 g/mol. The molecule has 20 heavy (non-hydrogen) atoms. The van der Waals surface area contributed by atoms with Crippen LogP contribution in [0.5, 0.6) is 0 Å². The Morgan fingerprint density at radius 3 is 2.95 bits per heavy atom. The Balaban J connectivity index is 2.16. The van der Waals surface area contributed by atoms with Gasteiger partial charge < -0.3 is 10.1 Å². The van der Waals surface area contributed by atoms with E-state index >= 15 is 0 Å². The number of carbonyl (C=O) groups is 1. The minimum atomic E-state index is -0.318. The first kappa shape index (κ1) is 14.8. The normalized spacial score (nSPS) is 10.3. The molecule has 0 fully saturated rings. The molecule has 0 saturated heterocycles. The van der Waals surface area contributed by atoms with Gasteiger partial charge in [0.05, 0.1) is 18.7 Å². The molecule has 0 atom stereocenters. The minimum Gasteiger partial charge on any atom is -0.462 e. The van der Waals surface area contributed by atoms with Gasteiger partial charge in [-0.25, -0.2) is 9.78 Å². The predicted molar refractivity (Wildman–Crippen MR) is 81.6 cm³/mol. The second kappa shape index (κ2) is 6.72. The highest BCUT2D eigenvalue weighted by atomic mass is 35.5. The summed E-state index contributed by atoms with van der Waals surface area (Å²) in [5.74, 6) is -0.318. The molecule has 106 valence electrons. The van der Waals surface area contributed by atoms with E-state index in [4.69, 9.17) is 16.3 Å². The van der Waals surface area contributed by atoms with Crippen molar-refractivity contribution in [1.29, 1.82) is 0 Å². The van der Waals surface area contributed by atoms with Crippen LogP contribution in [0.3, 0.4) is 0 Å². The van der Waals surface area contributed by atoms with Gasteiger partial charge in [-0.2, -0.15) is 0 Å². The van der Waals surface area contributed by atoms with Crippen LogP contribution in [0, 0.1) is 6.92 Å². The maximum Gasteiger partial charge on any atom is 0.340 e. The zero-order chi connectivity index (χ0) is 14.5. The van der Waals surface area contributed by atoms with Crippen LogP contribution < -0.4 is 5.32 Å². The summed E-state index contributed by atoms with van der Waals surface area (Å²) in [4.78, 5) is 16.9. The average molecular weight is 311 g/mol. The Morgan fingerprint density at radius 2 is 2.30 bits per heavy atom. The number of nitrogens with one attached hydrogen (secondary N) is 1. The molecule has 1 aromatic heterocycles. The summed E-state index contributed by atoms with van der Waals surface area (Å²) in [6, 6.07) is 5.65. The molecule has 0 amide bonds. The highest BCUT2D eigenvalue weighted by Crippen LogP contribution is 2.22. The van der Waals surface area contributed by atoms with Crippen LogP contribution in [-0.2, 0) is 11.3 Å². The lowest BCUT2D eigenvalue weighted by Gasteiger charge is -2.11. The van der Waals surface area contributed by atoms with Gasteiger partial charge in [-0.1, -0.05) is 23.2 Å². The van der Waals surface area contributed by atoms with Crippen molar-refractivity contribution in [3.63, 3.8) is 0 Å². The Bertz CT molecular complexity index is 613. The molecule has 1 aromatic carbocycles. The zero-order valence-corrected chi connectivity index (χ0v) is 12.8. The number of anilines is 1.